The second-order valence-electron chi connectivity index (χ2n) is 6.06. The predicted octanol–water partition coefficient (Wildman–Crippen LogP) is 3.51. The standard InChI is InChI=1S/C17H20N2OS/c20-15-8-4-7-14-16(15)21-17(18-14)19-10-9-13(11-19)12-5-2-1-3-6-12/h1-3,5-6,13,15,20H,4,7-11H2. The van der Waals surface area contributed by atoms with Crippen molar-refractivity contribution in [2.45, 2.75) is 37.7 Å². The maximum Gasteiger partial charge on any atom is 0.185 e. The highest BCUT2D eigenvalue weighted by Crippen LogP contribution is 2.39. The lowest BCUT2D eigenvalue weighted by atomic mass is 9.99. The summed E-state index contributed by atoms with van der Waals surface area (Å²) in [5.41, 5.74) is 2.57. The molecule has 0 saturated carbocycles. The van der Waals surface area contributed by atoms with E-state index in [1.54, 1.807) is 11.3 Å². The summed E-state index contributed by atoms with van der Waals surface area (Å²) in [6, 6.07) is 10.8. The summed E-state index contributed by atoms with van der Waals surface area (Å²) in [7, 11) is 0. The zero-order valence-electron chi connectivity index (χ0n) is 12.0. The Labute approximate surface area is 129 Å². The van der Waals surface area contributed by atoms with Crippen LogP contribution in [0.4, 0.5) is 5.13 Å². The van der Waals surface area contributed by atoms with Gasteiger partial charge >= 0.3 is 0 Å². The Bertz CT molecular complexity index is 625. The molecule has 1 aliphatic heterocycles. The molecule has 21 heavy (non-hydrogen) atoms. The fourth-order valence-corrected chi connectivity index (χ4v) is 4.62. The van der Waals surface area contributed by atoms with Crippen LogP contribution < -0.4 is 4.90 Å². The predicted molar refractivity (Wildman–Crippen MR) is 86.0 cm³/mol. The molecule has 4 heteroatoms. The number of benzene rings is 1. The number of hydrogen-bond donors (Lipinski definition) is 1. The summed E-state index contributed by atoms with van der Waals surface area (Å²) in [5.74, 6) is 0.608. The minimum Gasteiger partial charge on any atom is -0.388 e. The largest absolute Gasteiger partial charge is 0.388 e. The number of anilines is 1. The Hall–Kier alpha value is -1.39. The molecule has 1 N–H and O–H groups in total. The minimum absolute atomic E-state index is 0.285. The first-order valence-electron chi connectivity index (χ1n) is 7.79. The van der Waals surface area contributed by atoms with E-state index in [-0.39, 0.29) is 6.10 Å². The first-order chi connectivity index (χ1) is 10.3. The summed E-state index contributed by atoms with van der Waals surface area (Å²) in [4.78, 5) is 8.30. The molecule has 0 spiro atoms. The molecule has 2 aliphatic rings. The van der Waals surface area contributed by atoms with E-state index in [4.69, 9.17) is 4.98 Å². The first-order valence-corrected chi connectivity index (χ1v) is 8.60. The minimum atomic E-state index is -0.285. The average molecular weight is 300 g/mol. The molecule has 1 aromatic carbocycles. The lowest BCUT2D eigenvalue weighted by molar-refractivity contribution is 0.160. The van der Waals surface area contributed by atoms with E-state index in [2.05, 4.69) is 35.2 Å². The summed E-state index contributed by atoms with van der Waals surface area (Å²) in [6.07, 6.45) is 3.88. The number of rotatable bonds is 2. The van der Waals surface area contributed by atoms with Crippen molar-refractivity contribution in [1.82, 2.24) is 4.98 Å². The molecular weight excluding hydrogens is 280 g/mol. The highest BCUT2D eigenvalue weighted by molar-refractivity contribution is 7.15. The van der Waals surface area contributed by atoms with Crippen LogP contribution in [0.1, 0.15) is 47.4 Å². The van der Waals surface area contributed by atoms with Gasteiger partial charge in [0.05, 0.1) is 16.7 Å². The number of nitrogens with zero attached hydrogens (tertiary/aromatic N) is 2. The number of thiazole rings is 1. The van der Waals surface area contributed by atoms with Gasteiger partial charge in [0.1, 0.15) is 0 Å². The molecule has 1 fully saturated rings. The second-order valence-corrected chi connectivity index (χ2v) is 7.07. The van der Waals surface area contributed by atoms with Crippen LogP contribution in [0.3, 0.4) is 0 Å². The van der Waals surface area contributed by atoms with Crippen molar-refractivity contribution in [1.29, 1.82) is 0 Å². The van der Waals surface area contributed by atoms with Crippen molar-refractivity contribution >= 4 is 16.5 Å². The van der Waals surface area contributed by atoms with Crippen LogP contribution in [0.15, 0.2) is 30.3 Å². The third kappa shape index (κ3) is 2.47. The Kier molecular flexibility index (Phi) is 3.43. The normalized spacial score (nSPS) is 25.1. The van der Waals surface area contributed by atoms with E-state index in [1.807, 2.05) is 0 Å². The Morgan fingerprint density at radius 3 is 2.86 bits per heavy atom. The van der Waals surface area contributed by atoms with Crippen LogP contribution >= 0.6 is 11.3 Å². The van der Waals surface area contributed by atoms with Crippen LogP contribution in [0.25, 0.3) is 0 Å². The van der Waals surface area contributed by atoms with Crippen molar-refractivity contribution in [2.75, 3.05) is 18.0 Å². The molecule has 1 saturated heterocycles. The summed E-state index contributed by atoms with van der Waals surface area (Å²) in [6.45, 7) is 2.12. The van der Waals surface area contributed by atoms with Gasteiger partial charge in [0.2, 0.25) is 0 Å². The second kappa shape index (κ2) is 5.43. The van der Waals surface area contributed by atoms with Gasteiger partial charge in [0.25, 0.3) is 0 Å². The monoisotopic (exact) mass is 300 g/mol. The number of aliphatic hydroxyl groups excluding tert-OH is 1. The lowest BCUT2D eigenvalue weighted by Crippen LogP contribution is -2.18. The number of fused-ring (bicyclic) bond motifs is 1. The van der Waals surface area contributed by atoms with Gasteiger partial charge in [0.15, 0.2) is 5.13 Å². The van der Waals surface area contributed by atoms with Crippen LogP contribution in [0, 0.1) is 0 Å². The molecule has 110 valence electrons. The average Bonchev–Trinajstić information content (AvgIpc) is 3.15. The molecule has 1 aliphatic carbocycles. The fraction of sp³-hybridized carbons (Fsp3) is 0.471. The Balaban J connectivity index is 1.53. The van der Waals surface area contributed by atoms with Crippen LogP contribution in [0.2, 0.25) is 0 Å². The van der Waals surface area contributed by atoms with Gasteiger partial charge in [-0.1, -0.05) is 41.7 Å². The maximum absolute atomic E-state index is 10.1. The summed E-state index contributed by atoms with van der Waals surface area (Å²) < 4.78 is 0. The van der Waals surface area contributed by atoms with Gasteiger partial charge in [-0.3, -0.25) is 0 Å². The topological polar surface area (TPSA) is 36.4 Å². The van der Waals surface area contributed by atoms with E-state index in [1.165, 1.54) is 12.0 Å². The van der Waals surface area contributed by atoms with Gasteiger partial charge < -0.3 is 10.0 Å². The van der Waals surface area contributed by atoms with Crippen molar-refractivity contribution in [3.8, 4) is 0 Å². The fourth-order valence-electron chi connectivity index (χ4n) is 3.45. The molecule has 0 amide bonds. The van der Waals surface area contributed by atoms with Gasteiger partial charge in [-0.15, -0.1) is 0 Å². The summed E-state index contributed by atoms with van der Waals surface area (Å²) >= 11 is 1.70. The van der Waals surface area contributed by atoms with Crippen LogP contribution in [0.5, 0.6) is 0 Å². The van der Waals surface area contributed by atoms with Crippen LogP contribution in [-0.4, -0.2) is 23.2 Å². The lowest BCUT2D eigenvalue weighted by Gasteiger charge is -2.15. The Morgan fingerprint density at radius 2 is 2.05 bits per heavy atom. The SMILES string of the molecule is OC1CCCc2nc(N3CCC(c4ccccc4)C3)sc21. The van der Waals surface area contributed by atoms with Gasteiger partial charge in [0, 0.05) is 19.0 Å². The first kappa shape index (κ1) is 13.3. The maximum atomic E-state index is 10.1. The highest BCUT2D eigenvalue weighted by atomic mass is 32.1. The van der Waals surface area contributed by atoms with Crippen molar-refractivity contribution in [3.05, 3.63) is 46.5 Å². The molecule has 4 rings (SSSR count). The van der Waals surface area contributed by atoms with Gasteiger partial charge in [-0.2, -0.15) is 0 Å². The molecule has 0 bridgehead atoms. The molecule has 2 heterocycles. The zero-order chi connectivity index (χ0) is 14.2. The molecule has 2 aromatic rings. The van der Waals surface area contributed by atoms with E-state index >= 15 is 0 Å². The van der Waals surface area contributed by atoms with Gasteiger partial charge in [-0.05, 0) is 31.2 Å². The Morgan fingerprint density at radius 1 is 1.19 bits per heavy atom. The van der Waals surface area contributed by atoms with E-state index < -0.39 is 0 Å². The third-order valence-electron chi connectivity index (χ3n) is 4.64. The quantitative estimate of drug-likeness (QED) is 0.922. The van der Waals surface area contributed by atoms with Crippen molar-refractivity contribution < 1.29 is 5.11 Å². The molecule has 0 radical (unpaired) electrons. The zero-order valence-corrected chi connectivity index (χ0v) is 12.9. The molecule has 2 unspecified atom stereocenters. The van der Waals surface area contributed by atoms with Crippen LogP contribution in [-0.2, 0) is 6.42 Å². The van der Waals surface area contributed by atoms with Crippen molar-refractivity contribution in [3.63, 3.8) is 0 Å². The molecule has 1 aromatic heterocycles. The highest BCUT2D eigenvalue weighted by Gasteiger charge is 2.29. The van der Waals surface area contributed by atoms with E-state index in [0.29, 0.717) is 5.92 Å². The molecule has 2 atom stereocenters. The van der Waals surface area contributed by atoms with Crippen molar-refractivity contribution in [2.24, 2.45) is 0 Å². The molecular formula is C17H20N2OS. The molecule has 3 nitrogen and oxygen atoms in total. The number of aromatic nitrogens is 1. The van der Waals surface area contributed by atoms with Gasteiger partial charge in [-0.25, -0.2) is 4.98 Å². The number of aryl methyl sites for hydroxylation is 1. The number of hydrogen-bond acceptors (Lipinski definition) is 4. The third-order valence-corrected chi connectivity index (χ3v) is 5.90. The van der Waals surface area contributed by atoms with E-state index in [9.17, 15) is 5.11 Å². The van der Waals surface area contributed by atoms with E-state index in [0.717, 1.165) is 48.1 Å². The smallest absolute Gasteiger partial charge is 0.185 e. The number of aliphatic hydroxyl groups is 1. The summed E-state index contributed by atoms with van der Waals surface area (Å²) in [5, 5.41) is 11.2.